The van der Waals surface area contributed by atoms with Crippen LogP contribution in [-0.4, -0.2) is 4.98 Å². The normalized spacial score (nSPS) is 14.9. The number of allylic oxidation sites excluding steroid dienone is 1. The summed E-state index contributed by atoms with van der Waals surface area (Å²) in [6.07, 6.45) is 0. The van der Waals surface area contributed by atoms with E-state index in [0.29, 0.717) is 27.3 Å². The van der Waals surface area contributed by atoms with Crippen molar-refractivity contribution < 1.29 is 9.15 Å². The summed E-state index contributed by atoms with van der Waals surface area (Å²) >= 11 is 1.47. The average molecular weight is 504 g/mol. The van der Waals surface area contributed by atoms with Crippen LogP contribution >= 0.6 is 11.8 Å². The largest absolute Gasteiger partial charge is 0.439 e. The molecule has 0 spiro atoms. The maximum atomic E-state index is 13.4. The number of aryl methyl sites for hydroxylation is 2. The van der Waals surface area contributed by atoms with Gasteiger partial charge in [0.25, 0.3) is 0 Å². The van der Waals surface area contributed by atoms with Crippen LogP contribution in [0.15, 0.2) is 103 Å². The standard InChI is InChI=1S/C30H21N3O3S/c1-16-7-10-19(11-8-16)37-29-21(14-18-5-3-4-6-23(18)33-29)25-22(15-31)28(32)36-27-20-13-17(2)9-12-24(20)35-30(34)26(25)27/h3-14,25H,32H2,1-2H3. The molecule has 1 unspecified atom stereocenters. The zero-order valence-corrected chi connectivity index (χ0v) is 20.9. The lowest BCUT2D eigenvalue weighted by Gasteiger charge is -2.27. The number of fused-ring (bicyclic) bond motifs is 4. The van der Waals surface area contributed by atoms with Gasteiger partial charge in [-0.25, -0.2) is 9.78 Å². The van der Waals surface area contributed by atoms with Gasteiger partial charge in [-0.15, -0.1) is 0 Å². The number of hydrogen-bond donors (Lipinski definition) is 1. The highest BCUT2D eigenvalue weighted by atomic mass is 32.2. The zero-order valence-electron chi connectivity index (χ0n) is 20.1. The Kier molecular flexibility index (Phi) is 5.47. The van der Waals surface area contributed by atoms with Crippen LogP contribution in [0.5, 0.6) is 5.75 Å². The number of nitriles is 1. The minimum absolute atomic E-state index is 0.0344. The molecule has 2 N–H and O–H groups in total. The molecular formula is C30H21N3O3S. The van der Waals surface area contributed by atoms with E-state index in [4.69, 9.17) is 19.9 Å². The van der Waals surface area contributed by atoms with Crippen LogP contribution in [0.4, 0.5) is 0 Å². The molecule has 5 aromatic rings. The molecule has 2 aromatic heterocycles. The summed E-state index contributed by atoms with van der Waals surface area (Å²) in [5, 5.41) is 12.3. The minimum Gasteiger partial charge on any atom is -0.439 e. The third-order valence-electron chi connectivity index (χ3n) is 6.49. The molecule has 1 aliphatic rings. The Morgan fingerprint density at radius 3 is 2.54 bits per heavy atom. The quantitative estimate of drug-likeness (QED) is 0.287. The first-order valence-electron chi connectivity index (χ1n) is 11.7. The van der Waals surface area contributed by atoms with Crippen molar-refractivity contribution in [3.63, 3.8) is 0 Å². The van der Waals surface area contributed by atoms with Crippen LogP contribution in [0, 0.1) is 25.2 Å². The Labute approximate surface area is 217 Å². The first kappa shape index (κ1) is 22.9. The lowest BCUT2D eigenvalue weighted by molar-refractivity contribution is 0.387. The Morgan fingerprint density at radius 2 is 1.76 bits per heavy atom. The zero-order chi connectivity index (χ0) is 25.7. The number of ether oxygens (including phenoxy) is 1. The summed E-state index contributed by atoms with van der Waals surface area (Å²) in [7, 11) is 0. The first-order chi connectivity index (χ1) is 17.9. The molecule has 0 saturated carbocycles. The molecule has 37 heavy (non-hydrogen) atoms. The average Bonchev–Trinajstić information content (AvgIpc) is 2.89. The van der Waals surface area contributed by atoms with E-state index >= 15 is 0 Å². The number of aromatic nitrogens is 1. The molecule has 0 fully saturated rings. The Hall–Kier alpha value is -4.54. The highest BCUT2D eigenvalue weighted by molar-refractivity contribution is 7.99. The predicted molar refractivity (Wildman–Crippen MR) is 144 cm³/mol. The van der Waals surface area contributed by atoms with Crippen molar-refractivity contribution in [2.24, 2.45) is 5.73 Å². The molecule has 0 aliphatic carbocycles. The molecule has 7 heteroatoms. The van der Waals surface area contributed by atoms with Gasteiger partial charge in [0, 0.05) is 10.3 Å². The number of benzene rings is 3. The first-order valence-corrected chi connectivity index (χ1v) is 12.5. The molecule has 3 heterocycles. The Morgan fingerprint density at radius 1 is 1.00 bits per heavy atom. The number of pyridine rings is 1. The van der Waals surface area contributed by atoms with Gasteiger partial charge in [0.2, 0.25) is 5.88 Å². The molecular weight excluding hydrogens is 482 g/mol. The van der Waals surface area contributed by atoms with E-state index in [1.807, 2.05) is 80.6 Å². The Balaban J connectivity index is 1.66. The summed E-state index contributed by atoms with van der Waals surface area (Å²) in [6, 6.07) is 25.5. The van der Waals surface area contributed by atoms with E-state index in [0.717, 1.165) is 26.9 Å². The van der Waals surface area contributed by atoms with Crippen LogP contribution in [0.1, 0.15) is 28.2 Å². The minimum atomic E-state index is -0.806. The second-order valence-electron chi connectivity index (χ2n) is 9.05. The van der Waals surface area contributed by atoms with Gasteiger partial charge in [0.1, 0.15) is 22.3 Å². The van der Waals surface area contributed by atoms with Crippen LogP contribution in [0.2, 0.25) is 0 Å². The molecule has 0 amide bonds. The van der Waals surface area contributed by atoms with Crippen LogP contribution in [-0.2, 0) is 0 Å². The van der Waals surface area contributed by atoms with Gasteiger partial charge in [-0.3, -0.25) is 0 Å². The fraction of sp³-hybridized carbons (Fsp3) is 0.100. The summed E-state index contributed by atoms with van der Waals surface area (Å²) in [4.78, 5) is 19.4. The maximum absolute atomic E-state index is 13.4. The van der Waals surface area contributed by atoms with Gasteiger partial charge in [-0.2, -0.15) is 5.26 Å². The number of nitrogens with two attached hydrogens (primary N) is 1. The summed E-state index contributed by atoms with van der Waals surface area (Å²) in [6.45, 7) is 3.98. The number of para-hydroxylation sites is 1. The molecule has 6 nitrogen and oxygen atoms in total. The number of rotatable bonds is 3. The van der Waals surface area contributed by atoms with Crippen molar-refractivity contribution in [1.82, 2.24) is 4.98 Å². The highest BCUT2D eigenvalue weighted by Gasteiger charge is 2.37. The van der Waals surface area contributed by atoms with Gasteiger partial charge in [-0.05, 0) is 55.8 Å². The molecule has 0 radical (unpaired) electrons. The van der Waals surface area contributed by atoms with Crippen LogP contribution in [0.25, 0.3) is 21.9 Å². The smallest absolute Gasteiger partial charge is 0.344 e. The van der Waals surface area contributed by atoms with Gasteiger partial charge in [0.15, 0.2) is 5.75 Å². The van der Waals surface area contributed by atoms with Gasteiger partial charge in [0.05, 0.1) is 22.4 Å². The fourth-order valence-electron chi connectivity index (χ4n) is 4.67. The summed E-state index contributed by atoms with van der Waals surface area (Å²) in [5.41, 5.74) is 10.2. The summed E-state index contributed by atoms with van der Waals surface area (Å²) < 4.78 is 11.7. The third kappa shape index (κ3) is 3.92. The van der Waals surface area contributed by atoms with E-state index in [1.54, 1.807) is 6.07 Å². The van der Waals surface area contributed by atoms with Gasteiger partial charge >= 0.3 is 5.63 Å². The van der Waals surface area contributed by atoms with Crippen molar-refractivity contribution in [1.29, 1.82) is 5.26 Å². The van der Waals surface area contributed by atoms with E-state index in [2.05, 4.69) is 6.07 Å². The van der Waals surface area contributed by atoms with Crippen molar-refractivity contribution >= 4 is 33.6 Å². The van der Waals surface area contributed by atoms with Crippen molar-refractivity contribution in [2.45, 2.75) is 29.7 Å². The van der Waals surface area contributed by atoms with Crippen LogP contribution < -0.4 is 16.1 Å². The highest BCUT2D eigenvalue weighted by Crippen LogP contribution is 2.47. The SMILES string of the molecule is Cc1ccc(Sc2nc3ccccc3cc2C2C(C#N)=C(N)Oc3c2c(=O)oc2ccc(C)cc32)cc1. The second kappa shape index (κ2) is 8.84. The lowest BCUT2D eigenvalue weighted by atomic mass is 9.84. The molecule has 6 rings (SSSR count). The molecule has 1 atom stereocenters. The lowest BCUT2D eigenvalue weighted by Crippen LogP contribution is -2.26. The number of hydrogen-bond acceptors (Lipinski definition) is 7. The van der Waals surface area contributed by atoms with Gasteiger partial charge < -0.3 is 14.9 Å². The molecule has 3 aromatic carbocycles. The third-order valence-corrected chi connectivity index (χ3v) is 7.51. The monoisotopic (exact) mass is 503 g/mol. The van der Waals surface area contributed by atoms with Crippen molar-refractivity contribution in [3.05, 3.63) is 117 Å². The fourth-order valence-corrected chi connectivity index (χ4v) is 5.60. The van der Waals surface area contributed by atoms with Crippen LogP contribution in [0.3, 0.4) is 0 Å². The van der Waals surface area contributed by atoms with Crippen molar-refractivity contribution in [3.8, 4) is 11.8 Å². The van der Waals surface area contributed by atoms with E-state index in [9.17, 15) is 10.1 Å². The van der Waals surface area contributed by atoms with Crippen molar-refractivity contribution in [2.75, 3.05) is 0 Å². The Bertz CT molecular complexity index is 1850. The van der Waals surface area contributed by atoms with E-state index in [1.165, 1.54) is 11.8 Å². The topological polar surface area (TPSA) is 102 Å². The van der Waals surface area contributed by atoms with Gasteiger partial charge in [-0.1, -0.05) is 59.3 Å². The van der Waals surface area contributed by atoms with E-state index in [-0.39, 0.29) is 17.0 Å². The van der Waals surface area contributed by atoms with E-state index < -0.39 is 11.5 Å². The summed E-state index contributed by atoms with van der Waals surface area (Å²) in [5.74, 6) is -0.524. The molecule has 1 aliphatic heterocycles. The molecule has 180 valence electrons. The molecule has 0 saturated heterocycles. The maximum Gasteiger partial charge on any atom is 0.344 e. The predicted octanol–water partition coefficient (Wildman–Crippen LogP) is 6.33. The molecule has 0 bridgehead atoms. The second-order valence-corrected chi connectivity index (χ2v) is 10.1. The number of nitrogens with zero attached hydrogens (tertiary/aromatic N) is 2.